The third kappa shape index (κ3) is 2.67. The molecule has 1 aliphatic heterocycles. The zero-order valence-electron chi connectivity index (χ0n) is 9.02. The summed E-state index contributed by atoms with van der Waals surface area (Å²) in [7, 11) is 1.95. The molecule has 0 amide bonds. The van der Waals surface area contributed by atoms with E-state index in [9.17, 15) is 0 Å². The molecule has 4 nitrogen and oxygen atoms in total. The van der Waals surface area contributed by atoms with Gasteiger partial charge in [-0.15, -0.1) is 0 Å². The van der Waals surface area contributed by atoms with E-state index < -0.39 is 0 Å². The molecule has 15 heavy (non-hydrogen) atoms. The molecule has 1 unspecified atom stereocenters. The zero-order chi connectivity index (χ0) is 10.5. The maximum atomic E-state index is 5.64. The number of pyridine rings is 1. The van der Waals surface area contributed by atoms with E-state index in [1.54, 1.807) is 0 Å². The second kappa shape index (κ2) is 5.09. The Balaban J connectivity index is 1.98. The Morgan fingerprint density at radius 2 is 2.53 bits per heavy atom. The van der Waals surface area contributed by atoms with E-state index in [1.807, 2.05) is 31.4 Å². The predicted octanol–water partition coefficient (Wildman–Crippen LogP) is 0.506. The van der Waals surface area contributed by atoms with Gasteiger partial charge < -0.3 is 15.0 Å². The van der Waals surface area contributed by atoms with Gasteiger partial charge in [-0.3, -0.25) is 0 Å². The molecule has 1 atom stereocenters. The van der Waals surface area contributed by atoms with Gasteiger partial charge in [0.1, 0.15) is 5.82 Å². The smallest absolute Gasteiger partial charge is 0.128 e. The molecule has 2 rings (SSSR count). The van der Waals surface area contributed by atoms with Gasteiger partial charge in [0.15, 0.2) is 0 Å². The number of morpholine rings is 1. The van der Waals surface area contributed by atoms with Crippen molar-refractivity contribution in [2.75, 3.05) is 38.2 Å². The molecule has 1 aromatic heterocycles. The van der Waals surface area contributed by atoms with Crippen LogP contribution in [0.25, 0.3) is 0 Å². The molecule has 0 radical (unpaired) electrons. The van der Waals surface area contributed by atoms with Crippen LogP contribution in [0.4, 0.5) is 5.82 Å². The molecule has 4 heteroatoms. The van der Waals surface area contributed by atoms with Crippen molar-refractivity contribution >= 4 is 5.82 Å². The number of aromatic nitrogens is 1. The summed E-state index contributed by atoms with van der Waals surface area (Å²) in [5, 5.41) is 3.14. The first kappa shape index (κ1) is 10.4. The van der Waals surface area contributed by atoms with Crippen LogP contribution in [0, 0.1) is 0 Å². The molecule has 0 aliphatic carbocycles. The quantitative estimate of drug-likeness (QED) is 0.783. The first-order valence-corrected chi connectivity index (χ1v) is 5.32. The number of anilines is 1. The Morgan fingerprint density at radius 3 is 3.27 bits per heavy atom. The second-order valence-electron chi connectivity index (χ2n) is 3.68. The molecule has 1 fully saturated rings. The van der Waals surface area contributed by atoms with Crippen LogP contribution in [0.5, 0.6) is 0 Å². The molecule has 0 aromatic carbocycles. The van der Waals surface area contributed by atoms with Crippen molar-refractivity contribution in [1.29, 1.82) is 0 Å². The van der Waals surface area contributed by atoms with Crippen molar-refractivity contribution in [1.82, 2.24) is 10.3 Å². The SMILES string of the molecule is CNCC1CN(c2ccccn2)CCO1. The lowest BCUT2D eigenvalue weighted by molar-refractivity contribution is 0.0419. The van der Waals surface area contributed by atoms with Gasteiger partial charge >= 0.3 is 0 Å². The second-order valence-corrected chi connectivity index (χ2v) is 3.68. The van der Waals surface area contributed by atoms with Gasteiger partial charge in [-0.25, -0.2) is 4.98 Å². The fourth-order valence-corrected chi connectivity index (χ4v) is 1.82. The highest BCUT2D eigenvalue weighted by molar-refractivity contribution is 5.38. The zero-order valence-corrected chi connectivity index (χ0v) is 9.02. The van der Waals surface area contributed by atoms with Crippen LogP contribution in [-0.2, 0) is 4.74 Å². The highest BCUT2D eigenvalue weighted by atomic mass is 16.5. The minimum atomic E-state index is 0.269. The highest BCUT2D eigenvalue weighted by Crippen LogP contribution is 2.13. The number of nitrogens with one attached hydrogen (secondary N) is 1. The van der Waals surface area contributed by atoms with Crippen molar-refractivity contribution in [2.45, 2.75) is 6.10 Å². The minimum Gasteiger partial charge on any atom is -0.373 e. The summed E-state index contributed by atoms with van der Waals surface area (Å²) in [5.41, 5.74) is 0. The lowest BCUT2D eigenvalue weighted by Gasteiger charge is -2.33. The van der Waals surface area contributed by atoms with Crippen LogP contribution >= 0.6 is 0 Å². The minimum absolute atomic E-state index is 0.269. The number of rotatable bonds is 3. The van der Waals surface area contributed by atoms with Crippen molar-refractivity contribution in [3.63, 3.8) is 0 Å². The van der Waals surface area contributed by atoms with E-state index in [-0.39, 0.29) is 6.10 Å². The third-order valence-electron chi connectivity index (χ3n) is 2.54. The summed E-state index contributed by atoms with van der Waals surface area (Å²) in [6, 6.07) is 6.00. The van der Waals surface area contributed by atoms with Crippen LogP contribution in [0.2, 0.25) is 0 Å². The maximum Gasteiger partial charge on any atom is 0.128 e. The van der Waals surface area contributed by atoms with Gasteiger partial charge in [-0.1, -0.05) is 6.07 Å². The summed E-state index contributed by atoms with van der Waals surface area (Å²) in [6.45, 7) is 3.52. The predicted molar refractivity (Wildman–Crippen MR) is 60.1 cm³/mol. The van der Waals surface area contributed by atoms with Crippen molar-refractivity contribution in [2.24, 2.45) is 0 Å². The van der Waals surface area contributed by atoms with E-state index >= 15 is 0 Å². The molecule has 82 valence electrons. The number of hydrogen-bond acceptors (Lipinski definition) is 4. The van der Waals surface area contributed by atoms with Crippen LogP contribution in [0.1, 0.15) is 0 Å². The van der Waals surface area contributed by atoms with Gasteiger partial charge in [-0.05, 0) is 19.2 Å². The summed E-state index contributed by atoms with van der Waals surface area (Å²) < 4.78 is 5.64. The van der Waals surface area contributed by atoms with E-state index in [0.717, 1.165) is 32.1 Å². The van der Waals surface area contributed by atoms with Crippen LogP contribution in [0.15, 0.2) is 24.4 Å². The molecular weight excluding hydrogens is 190 g/mol. The Hall–Kier alpha value is -1.13. The number of ether oxygens (including phenoxy) is 1. The lowest BCUT2D eigenvalue weighted by atomic mass is 10.2. The average molecular weight is 207 g/mol. The van der Waals surface area contributed by atoms with Gasteiger partial charge in [0.25, 0.3) is 0 Å². The molecular formula is C11H17N3O. The van der Waals surface area contributed by atoms with Crippen LogP contribution in [-0.4, -0.2) is 44.4 Å². The van der Waals surface area contributed by atoms with Crippen LogP contribution < -0.4 is 10.2 Å². The van der Waals surface area contributed by atoms with Crippen molar-refractivity contribution in [3.8, 4) is 0 Å². The summed E-state index contributed by atoms with van der Waals surface area (Å²) >= 11 is 0. The highest BCUT2D eigenvalue weighted by Gasteiger charge is 2.20. The van der Waals surface area contributed by atoms with E-state index in [2.05, 4.69) is 15.2 Å². The fourth-order valence-electron chi connectivity index (χ4n) is 1.82. The molecule has 0 saturated carbocycles. The number of nitrogens with zero attached hydrogens (tertiary/aromatic N) is 2. The summed E-state index contributed by atoms with van der Waals surface area (Å²) in [5.74, 6) is 1.04. The van der Waals surface area contributed by atoms with E-state index in [1.165, 1.54) is 0 Å². The molecule has 1 N–H and O–H groups in total. The summed E-state index contributed by atoms with van der Waals surface area (Å²) in [6.07, 6.45) is 2.10. The molecule has 0 spiro atoms. The first-order chi connectivity index (χ1) is 7.40. The van der Waals surface area contributed by atoms with E-state index in [0.29, 0.717) is 0 Å². The topological polar surface area (TPSA) is 37.4 Å². The molecule has 1 saturated heterocycles. The van der Waals surface area contributed by atoms with Crippen LogP contribution in [0.3, 0.4) is 0 Å². The fraction of sp³-hybridized carbons (Fsp3) is 0.545. The average Bonchev–Trinajstić information content (AvgIpc) is 2.31. The van der Waals surface area contributed by atoms with Crippen molar-refractivity contribution < 1.29 is 4.74 Å². The normalized spacial score (nSPS) is 21.7. The summed E-state index contributed by atoms with van der Waals surface area (Å²) in [4.78, 5) is 6.62. The molecule has 1 aromatic rings. The number of hydrogen-bond donors (Lipinski definition) is 1. The largest absolute Gasteiger partial charge is 0.373 e. The number of likely N-dealkylation sites (N-methyl/N-ethyl adjacent to an activating group) is 1. The van der Waals surface area contributed by atoms with Gasteiger partial charge in [-0.2, -0.15) is 0 Å². The monoisotopic (exact) mass is 207 g/mol. The first-order valence-electron chi connectivity index (χ1n) is 5.32. The van der Waals surface area contributed by atoms with Gasteiger partial charge in [0.2, 0.25) is 0 Å². The Morgan fingerprint density at radius 1 is 1.60 bits per heavy atom. The van der Waals surface area contributed by atoms with E-state index in [4.69, 9.17) is 4.74 Å². The Bertz CT molecular complexity index is 289. The lowest BCUT2D eigenvalue weighted by Crippen LogP contribution is -2.46. The third-order valence-corrected chi connectivity index (χ3v) is 2.54. The van der Waals surface area contributed by atoms with Gasteiger partial charge in [0, 0.05) is 25.8 Å². The Kier molecular flexibility index (Phi) is 3.53. The van der Waals surface area contributed by atoms with Crippen molar-refractivity contribution in [3.05, 3.63) is 24.4 Å². The molecule has 1 aliphatic rings. The maximum absolute atomic E-state index is 5.64. The standard InChI is InChI=1S/C11H17N3O/c1-12-8-10-9-14(6-7-15-10)11-4-2-3-5-13-11/h2-5,10,12H,6-9H2,1H3. The molecule has 2 heterocycles. The van der Waals surface area contributed by atoms with Gasteiger partial charge in [0.05, 0.1) is 12.7 Å². The molecule has 0 bridgehead atoms. The Labute approximate surface area is 90.3 Å².